The molecule has 106 valence electrons. The first-order valence-electron chi connectivity index (χ1n) is 6.33. The third kappa shape index (κ3) is 4.20. The highest BCUT2D eigenvalue weighted by molar-refractivity contribution is 5.94. The first kappa shape index (κ1) is 16.0. The Morgan fingerprint density at radius 1 is 1.42 bits per heavy atom. The van der Waals surface area contributed by atoms with Crippen molar-refractivity contribution in [2.45, 2.75) is 25.5 Å². The Labute approximate surface area is 120 Å². The number of methoxy groups -OCH3 is 1. The summed E-state index contributed by atoms with van der Waals surface area (Å²) in [6.07, 6.45) is 1.78. The van der Waals surface area contributed by atoms with Gasteiger partial charge in [-0.1, -0.05) is 12.1 Å². The zero-order valence-electron chi connectivity index (χ0n) is 11.2. The third-order valence-corrected chi connectivity index (χ3v) is 3.31. The van der Waals surface area contributed by atoms with Crippen molar-refractivity contribution >= 4 is 18.3 Å². The summed E-state index contributed by atoms with van der Waals surface area (Å²) in [6.45, 7) is 2.05. The lowest BCUT2D eigenvalue weighted by Crippen LogP contribution is -2.42. The third-order valence-electron chi connectivity index (χ3n) is 3.31. The van der Waals surface area contributed by atoms with E-state index >= 15 is 0 Å². The molecule has 0 radical (unpaired) electrons. The van der Waals surface area contributed by atoms with Crippen LogP contribution < -0.4 is 5.73 Å². The fourth-order valence-corrected chi connectivity index (χ4v) is 2.25. The minimum atomic E-state index is 0. The van der Waals surface area contributed by atoms with Crippen molar-refractivity contribution < 1.29 is 9.53 Å². The van der Waals surface area contributed by atoms with Crippen LogP contribution in [0.1, 0.15) is 28.8 Å². The van der Waals surface area contributed by atoms with Crippen LogP contribution in [0.25, 0.3) is 0 Å². The molecule has 0 saturated carbocycles. The number of likely N-dealkylation sites (tertiary alicyclic amines) is 1. The molecule has 1 aliphatic rings. The lowest BCUT2D eigenvalue weighted by atomic mass is 10.0. The number of ether oxygens (including phenoxy) is 1. The van der Waals surface area contributed by atoms with Crippen molar-refractivity contribution in [2.75, 3.05) is 20.2 Å². The summed E-state index contributed by atoms with van der Waals surface area (Å²) in [5, 5.41) is 0. The van der Waals surface area contributed by atoms with Gasteiger partial charge in [-0.05, 0) is 30.5 Å². The van der Waals surface area contributed by atoms with Gasteiger partial charge in [0.15, 0.2) is 0 Å². The molecule has 0 aromatic heterocycles. The molecule has 1 fully saturated rings. The van der Waals surface area contributed by atoms with E-state index in [0.29, 0.717) is 6.61 Å². The highest BCUT2D eigenvalue weighted by Crippen LogP contribution is 2.14. The second kappa shape index (κ2) is 7.48. The van der Waals surface area contributed by atoms with Crippen LogP contribution in [0.2, 0.25) is 0 Å². The topological polar surface area (TPSA) is 55.6 Å². The first-order chi connectivity index (χ1) is 8.70. The highest BCUT2D eigenvalue weighted by atomic mass is 35.5. The summed E-state index contributed by atoms with van der Waals surface area (Å²) in [4.78, 5) is 14.2. The predicted octanol–water partition coefficient (Wildman–Crippen LogP) is 1.82. The van der Waals surface area contributed by atoms with Gasteiger partial charge in [0.25, 0.3) is 5.91 Å². The maximum absolute atomic E-state index is 12.3. The van der Waals surface area contributed by atoms with Crippen LogP contribution >= 0.6 is 12.4 Å². The van der Waals surface area contributed by atoms with Gasteiger partial charge in [0.1, 0.15) is 0 Å². The van der Waals surface area contributed by atoms with Crippen molar-refractivity contribution in [1.82, 2.24) is 4.90 Å². The van der Waals surface area contributed by atoms with E-state index in [9.17, 15) is 4.79 Å². The first-order valence-corrected chi connectivity index (χ1v) is 6.33. The summed E-state index contributed by atoms with van der Waals surface area (Å²) in [7, 11) is 1.65. The number of rotatable bonds is 3. The summed E-state index contributed by atoms with van der Waals surface area (Å²) in [5.74, 6) is 0.0971. The molecule has 2 N–H and O–H groups in total. The molecule has 19 heavy (non-hydrogen) atoms. The number of nitrogens with two attached hydrogens (primary N) is 1. The zero-order chi connectivity index (χ0) is 13.0. The second-order valence-corrected chi connectivity index (χ2v) is 4.76. The van der Waals surface area contributed by atoms with Crippen molar-refractivity contribution in [2.24, 2.45) is 5.73 Å². The lowest BCUT2D eigenvalue weighted by Gasteiger charge is -2.30. The SMILES string of the molecule is COCc1cccc(C(=O)N2CCC(N)CC2)c1.Cl. The van der Waals surface area contributed by atoms with Crippen LogP contribution in [0.5, 0.6) is 0 Å². The maximum atomic E-state index is 12.3. The van der Waals surface area contributed by atoms with Gasteiger partial charge in [-0.25, -0.2) is 0 Å². The molecule has 0 aliphatic carbocycles. The van der Waals surface area contributed by atoms with Crippen LogP contribution in [0.15, 0.2) is 24.3 Å². The van der Waals surface area contributed by atoms with Crippen molar-refractivity contribution in [3.63, 3.8) is 0 Å². The number of piperidine rings is 1. The van der Waals surface area contributed by atoms with E-state index in [2.05, 4.69) is 0 Å². The number of hydrogen-bond acceptors (Lipinski definition) is 3. The highest BCUT2D eigenvalue weighted by Gasteiger charge is 2.21. The Balaban J connectivity index is 0.00000180. The Kier molecular flexibility index (Phi) is 6.28. The average molecular weight is 285 g/mol. The smallest absolute Gasteiger partial charge is 0.253 e. The predicted molar refractivity (Wildman–Crippen MR) is 77.5 cm³/mol. The number of halogens is 1. The summed E-state index contributed by atoms with van der Waals surface area (Å²) < 4.78 is 5.08. The molecule has 1 amide bonds. The average Bonchev–Trinajstić information content (AvgIpc) is 2.39. The largest absolute Gasteiger partial charge is 0.380 e. The molecule has 0 bridgehead atoms. The Morgan fingerprint density at radius 3 is 2.74 bits per heavy atom. The van der Waals surface area contributed by atoms with E-state index in [4.69, 9.17) is 10.5 Å². The van der Waals surface area contributed by atoms with Gasteiger partial charge in [0, 0.05) is 31.8 Å². The molecule has 5 heteroatoms. The van der Waals surface area contributed by atoms with E-state index < -0.39 is 0 Å². The Bertz CT molecular complexity index is 418. The zero-order valence-corrected chi connectivity index (χ0v) is 12.0. The van der Waals surface area contributed by atoms with Gasteiger partial charge in [-0.15, -0.1) is 12.4 Å². The van der Waals surface area contributed by atoms with Gasteiger partial charge >= 0.3 is 0 Å². The van der Waals surface area contributed by atoms with E-state index in [1.165, 1.54) is 0 Å². The molecule has 0 unspecified atom stereocenters. The molecule has 1 aromatic rings. The number of carbonyl (C=O) groups excluding carboxylic acids is 1. The van der Waals surface area contributed by atoms with Crippen LogP contribution in [-0.4, -0.2) is 37.0 Å². The maximum Gasteiger partial charge on any atom is 0.253 e. The van der Waals surface area contributed by atoms with Crippen LogP contribution in [0.3, 0.4) is 0 Å². The molecule has 4 nitrogen and oxygen atoms in total. The standard InChI is InChI=1S/C14H20N2O2.ClH/c1-18-10-11-3-2-4-12(9-11)14(17)16-7-5-13(15)6-8-16;/h2-4,9,13H,5-8,10,15H2,1H3;1H. The van der Waals surface area contributed by atoms with Crippen molar-refractivity contribution in [3.05, 3.63) is 35.4 Å². The minimum Gasteiger partial charge on any atom is -0.380 e. The van der Waals surface area contributed by atoms with Crippen LogP contribution in [0, 0.1) is 0 Å². The molecule has 1 saturated heterocycles. The normalized spacial score (nSPS) is 16.0. The number of carbonyl (C=O) groups is 1. The van der Waals surface area contributed by atoms with E-state index in [-0.39, 0.29) is 24.4 Å². The fourth-order valence-electron chi connectivity index (χ4n) is 2.25. The molecule has 1 aromatic carbocycles. The monoisotopic (exact) mass is 284 g/mol. The van der Waals surface area contributed by atoms with Gasteiger partial charge in [0.2, 0.25) is 0 Å². The van der Waals surface area contributed by atoms with Gasteiger partial charge in [-0.3, -0.25) is 4.79 Å². The molecule has 1 heterocycles. The van der Waals surface area contributed by atoms with Crippen molar-refractivity contribution in [1.29, 1.82) is 0 Å². The molecule has 1 aliphatic heterocycles. The summed E-state index contributed by atoms with van der Waals surface area (Å²) >= 11 is 0. The summed E-state index contributed by atoms with van der Waals surface area (Å²) in [6, 6.07) is 7.87. The number of amides is 1. The van der Waals surface area contributed by atoms with Gasteiger partial charge in [-0.2, -0.15) is 0 Å². The van der Waals surface area contributed by atoms with E-state index in [1.54, 1.807) is 7.11 Å². The second-order valence-electron chi connectivity index (χ2n) is 4.76. The van der Waals surface area contributed by atoms with Gasteiger partial charge in [0.05, 0.1) is 6.61 Å². The van der Waals surface area contributed by atoms with Gasteiger partial charge < -0.3 is 15.4 Å². The number of nitrogens with zero attached hydrogens (tertiary/aromatic N) is 1. The molecule has 2 rings (SSSR count). The molecule has 0 atom stereocenters. The molecular formula is C14H21ClN2O2. The fraction of sp³-hybridized carbons (Fsp3) is 0.500. The van der Waals surface area contributed by atoms with Crippen molar-refractivity contribution in [3.8, 4) is 0 Å². The van der Waals surface area contributed by atoms with Crippen LogP contribution in [0.4, 0.5) is 0 Å². The Morgan fingerprint density at radius 2 is 2.11 bits per heavy atom. The minimum absolute atomic E-state index is 0. The Hall–Kier alpha value is -1.10. The van der Waals surface area contributed by atoms with Crippen LogP contribution in [-0.2, 0) is 11.3 Å². The van der Waals surface area contributed by atoms with E-state index in [1.807, 2.05) is 29.2 Å². The van der Waals surface area contributed by atoms with E-state index in [0.717, 1.165) is 37.1 Å². The molecule has 0 spiro atoms. The number of benzene rings is 1. The lowest BCUT2D eigenvalue weighted by molar-refractivity contribution is 0.0714. The summed E-state index contributed by atoms with van der Waals surface area (Å²) in [5.41, 5.74) is 7.61. The quantitative estimate of drug-likeness (QED) is 0.921. The molecular weight excluding hydrogens is 264 g/mol. The number of hydrogen-bond donors (Lipinski definition) is 1.